The molecule has 0 aliphatic rings. The highest BCUT2D eigenvalue weighted by Crippen LogP contribution is 2.14. The number of rotatable bonds is 5. The maximum absolute atomic E-state index is 11.6. The smallest absolute Gasteiger partial charge is 0.319 e. The van der Waals surface area contributed by atoms with E-state index < -0.39 is 12.1 Å². The largest absolute Gasteiger partial charge is 0.328 e. The van der Waals surface area contributed by atoms with Crippen molar-refractivity contribution >= 4 is 33.9 Å². The topological polar surface area (TPSA) is 58.2 Å². The molecule has 1 radical (unpaired) electrons. The number of nitrogens with one attached hydrogen (secondary N) is 2. The fourth-order valence-corrected chi connectivity index (χ4v) is 1.73. The van der Waals surface area contributed by atoms with Gasteiger partial charge in [0.15, 0.2) is 0 Å². The summed E-state index contributed by atoms with van der Waals surface area (Å²) < 4.78 is 0.937. The predicted octanol–water partition coefficient (Wildman–Crippen LogP) is 3.10. The maximum atomic E-state index is 11.6. The zero-order chi connectivity index (χ0) is 13.5. The number of amides is 2. The second-order valence-electron chi connectivity index (χ2n) is 4.41. The lowest BCUT2D eigenvalue weighted by Crippen LogP contribution is -2.39. The molecule has 0 aliphatic heterocycles. The molecule has 2 N–H and O–H groups in total. The van der Waals surface area contributed by atoms with Gasteiger partial charge in [-0.05, 0) is 36.6 Å². The first-order valence-electron chi connectivity index (χ1n) is 5.72. The molecule has 1 atom stereocenters. The van der Waals surface area contributed by atoms with Crippen molar-refractivity contribution in [3.63, 3.8) is 0 Å². The second-order valence-corrected chi connectivity index (χ2v) is 5.32. The van der Waals surface area contributed by atoms with Crippen LogP contribution in [-0.2, 0) is 4.79 Å². The van der Waals surface area contributed by atoms with Crippen molar-refractivity contribution in [2.45, 2.75) is 26.3 Å². The van der Waals surface area contributed by atoms with Gasteiger partial charge >= 0.3 is 6.03 Å². The van der Waals surface area contributed by atoms with Crippen molar-refractivity contribution in [3.8, 4) is 0 Å². The van der Waals surface area contributed by atoms with Crippen molar-refractivity contribution in [2.24, 2.45) is 5.92 Å². The summed E-state index contributed by atoms with van der Waals surface area (Å²) in [5, 5.41) is 5.23. The van der Waals surface area contributed by atoms with Crippen molar-refractivity contribution in [2.75, 3.05) is 5.32 Å². The number of anilines is 1. The highest BCUT2D eigenvalue weighted by atomic mass is 79.9. The fraction of sp³-hybridized carbons (Fsp3) is 0.385. The molecule has 1 rings (SSSR count). The summed E-state index contributed by atoms with van der Waals surface area (Å²) in [6, 6.07) is 6.23. The molecule has 0 heterocycles. The van der Waals surface area contributed by atoms with Crippen LogP contribution >= 0.6 is 15.9 Å². The number of halogens is 1. The Labute approximate surface area is 115 Å². The molecule has 2 amide bonds. The van der Waals surface area contributed by atoms with E-state index in [4.69, 9.17) is 0 Å². The average molecular weight is 312 g/mol. The Hall–Kier alpha value is -1.36. The Balaban J connectivity index is 2.50. The highest BCUT2D eigenvalue weighted by Gasteiger charge is 2.13. The maximum Gasteiger partial charge on any atom is 0.319 e. The van der Waals surface area contributed by atoms with E-state index in [-0.39, 0.29) is 0 Å². The van der Waals surface area contributed by atoms with E-state index >= 15 is 0 Å². The van der Waals surface area contributed by atoms with E-state index in [1.807, 2.05) is 32.3 Å². The first kappa shape index (κ1) is 14.7. The van der Waals surface area contributed by atoms with E-state index in [0.717, 1.165) is 4.47 Å². The van der Waals surface area contributed by atoms with Gasteiger partial charge in [0.1, 0.15) is 0 Å². The Morgan fingerprint density at radius 3 is 2.44 bits per heavy atom. The summed E-state index contributed by atoms with van der Waals surface area (Å²) in [5.41, 5.74) is 0.671. The number of urea groups is 1. The lowest BCUT2D eigenvalue weighted by molar-refractivity contribution is 0.249. The number of carbonyl (C=O) groups is 1. The van der Waals surface area contributed by atoms with Crippen LogP contribution in [0.4, 0.5) is 10.5 Å². The third-order valence-electron chi connectivity index (χ3n) is 2.26. The van der Waals surface area contributed by atoms with Gasteiger partial charge in [-0.15, -0.1) is 0 Å². The molecule has 0 spiro atoms. The second kappa shape index (κ2) is 7.16. The van der Waals surface area contributed by atoms with E-state index in [2.05, 4.69) is 26.6 Å². The standard InChI is InChI=1S/C13H16BrN2O2/c1-9(2)7-12(8-17)16-13(18)15-11-5-3-10(14)4-6-11/h3-6,9,12H,7H2,1-2H3,(H2,15,16,18)/t12-/m0/s1. The Bertz CT molecular complexity index is 404. The first-order valence-corrected chi connectivity index (χ1v) is 6.51. The monoisotopic (exact) mass is 311 g/mol. The van der Waals surface area contributed by atoms with Gasteiger partial charge in [-0.1, -0.05) is 29.8 Å². The third kappa shape index (κ3) is 5.31. The summed E-state index contributed by atoms with van der Waals surface area (Å²) in [4.78, 5) is 22.3. The number of hydrogen-bond acceptors (Lipinski definition) is 2. The SMILES string of the molecule is CC(C)C[C@@H]([C]=O)NC(=O)Nc1ccc(Br)cc1. The van der Waals surface area contributed by atoms with Gasteiger partial charge in [-0.2, -0.15) is 0 Å². The van der Waals surface area contributed by atoms with Crippen LogP contribution in [0.1, 0.15) is 20.3 Å². The molecule has 18 heavy (non-hydrogen) atoms. The summed E-state index contributed by atoms with van der Waals surface area (Å²) >= 11 is 3.31. The van der Waals surface area contributed by atoms with E-state index in [1.54, 1.807) is 12.1 Å². The molecule has 0 unspecified atom stereocenters. The molecule has 0 saturated heterocycles. The van der Waals surface area contributed by atoms with Gasteiger partial charge in [-0.25, -0.2) is 4.79 Å². The lowest BCUT2D eigenvalue weighted by Gasteiger charge is -2.14. The summed E-state index contributed by atoms with van der Waals surface area (Å²) in [6.07, 6.45) is 2.41. The van der Waals surface area contributed by atoms with E-state index in [1.165, 1.54) is 0 Å². The van der Waals surface area contributed by atoms with Crippen molar-refractivity contribution in [1.82, 2.24) is 5.32 Å². The lowest BCUT2D eigenvalue weighted by atomic mass is 10.1. The molecule has 97 valence electrons. The minimum Gasteiger partial charge on any atom is -0.328 e. The Morgan fingerprint density at radius 2 is 1.94 bits per heavy atom. The molecule has 0 aromatic heterocycles. The van der Waals surface area contributed by atoms with Crippen LogP contribution in [0.15, 0.2) is 28.7 Å². The minimum absolute atomic E-state index is 0.324. The molecule has 1 aromatic rings. The molecule has 1 aromatic carbocycles. The van der Waals surface area contributed by atoms with Gasteiger partial charge in [0, 0.05) is 10.2 Å². The quantitative estimate of drug-likeness (QED) is 0.878. The summed E-state index contributed by atoms with van der Waals surface area (Å²) in [5.74, 6) is 0.324. The molecular weight excluding hydrogens is 296 g/mol. The zero-order valence-corrected chi connectivity index (χ0v) is 12.0. The van der Waals surface area contributed by atoms with Crippen LogP contribution in [0.2, 0.25) is 0 Å². The predicted molar refractivity (Wildman–Crippen MR) is 75.2 cm³/mol. The Kier molecular flexibility index (Phi) is 5.85. The summed E-state index contributed by atoms with van der Waals surface area (Å²) in [6.45, 7) is 3.97. The average Bonchev–Trinajstić information content (AvgIpc) is 2.30. The molecule has 4 nitrogen and oxygen atoms in total. The van der Waals surface area contributed by atoms with Gasteiger partial charge in [0.25, 0.3) is 0 Å². The summed E-state index contributed by atoms with van der Waals surface area (Å²) in [7, 11) is 0. The molecule has 0 bridgehead atoms. The third-order valence-corrected chi connectivity index (χ3v) is 2.79. The van der Waals surface area contributed by atoms with Gasteiger partial charge in [0.2, 0.25) is 6.29 Å². The number of carbonyl (C=O) groups excluding carboxylic acids is 2. The van der Waals surface area contributed by atoms with Gasteiger partial charge in [-0.3, -0.25) is 4.79 Å². The van der Waals surface area contributed by atoms with E-state index in [0.29, 0.717) is 18.0 Å². The highest BCUT2D eigenvalue weighted by molar-refractivity contribution is 9.10. The van der Waals surface area contributed by atoms with Crippen molar-refractivity contribution < 1.29 is 9.59 Å². The number of hydrogen-bond donors (Lipinski definition) is 2. The first-order chi connectivity index (χ1) is 8.51. The van der Waals surface area contributed by atoms with Crippen molar-refractivity contribution in [3.05, 3.63) is 28.7 Å². The Morgan fingerprint density at radius 1 is 1.33 bits per heavy atom. The van der Waals surface area contributed by atoms with Crippen LogP contribution in [0.3, 0.4) is 0 Å². The zero-order valence-electron chi connectivity index (χ0n) is 10.4. The fourth-order valence-electron chi connectivity index (χ4n) is 1.47. The van der Waals surface area contributed by atoms with Crippen molar-refractivity contribution in [1.29, 1.82) is 0 Å². The van der Waals surface area contributed by atoms with Crippen LogP contribution < -0.4 is 10.6 Å². The van der Waals surface area contributed by atoms with Gasteiger partial charge < -0.3 is 10.6 Å². The normalized spacial score (nSPS) is 12.0. The van der Waals surface area contributed by atoms with Crippen LogP contribution in [0.25, 0.3) is 0 Å². The molecule has 5 heteroatoms. The van der Waals surface area contributed by atoms with Gasteiger partial charge in [0.05, 0.1) is 6.04 Å². The molecule has 0 saturated carbocycles. The molecule has 0 fully saturated rings. The van der Waals surface area contributed by atoms with Crippen LogP contribution in [0, 0.1) is 5.92 Å². The van der Waals surface area contributed by atoms with Crippen LogP contribution in [-0.4, -0.2) is 18.4 Å². The molecular formula is C13H16BrN2O2. The van der Waals surface area contributed by atoms with E-state index in [9.17, 15) is 9.59 Å². The molecule has 0 aliphatic carbocycles. The minimum atomic E-state index is -0.569. The number of benzene rings is 1. The van der Waals surface area contributed by atoms with Crippen LogP contribution in [0.5, 0.6) is 0 Å².